The summed E-state index contributed by atoms with van der Waals surface area (Å²) in [6, 6.07) is 4.37. The van der Waals surface area contributed by atoms with Crippen LogP contribution < -0.4 is 10.6 Å². The zero-order valence-corrected chi connectivity index (χ0v) is 12.5. The minimum atomic E-state index is -1.08. The van der Waals surface area contributed by atoms with Crippen molar-refractivity contribution in [2.75, 3.05) is 5.32 Å². The van der Waals surface area contributed by atoms with Crippen LogP contribution in [0.4, 0.5) is 10.5 Å². The fraction of sp³-hybridized carbons (Fsp3) is 0.214. The van der Waals surface area contributed by atoms with Crippen molar-refractivity contribution >= 4 is 29.0 Å². The Morgan fingerprint density at radius 2 is 2.10 bits per heavy atom. The largest absolute Gasteiger partial charge is 0.478 e. The highest BCUT2D eigenvalue weighted by molar-refractivity contribution is 7.11. The first kappa shape index (κ1) is 15.0. The Morgan fingerprint density at radius 3 is 2.71 bits per heavy atom. The molecule has 0 aliphatic carbocycles. The van der Waals surface area contributed by atoms with Crippen LogP contribution in [0, 0.1) is 13.8 Å². The number of anilines is 1. The van der Waals surface area contributed by atoms with E-state index in [4.69, 9.17) is 5.11 Å². The standard InChI is InChI=1S/C14H15N3O3S/c1-8-3-4-11(10(5-8)13(18)19)17-14(20)16-7-12-15-6-9(2)21-12/h3-6H,7H2,1-2H3,(H,18,19)(H2,16,17,20). The van der Waals surface area contributed by atoms with Gasteiger partial charge in [-0.25, -0.2) is 14.6 Å². The van der Waals surface area contributed by atoms with E-state index < -0.39 is 12.0 Å². The number of aromatic carboxylic acids is 1. The number of nitrogens with zero attached hydrogens (tertiary/aromatic N) is 1. The first-order chi connectivity index (χ1) is 9.95. The van der Waals surface area contributed by atoms with E-state index in [1.54, 1.807) is 25.3 Å². The fourth-order valence-electron chi connectivity index (χ4n) is 1.75. The molecule has 3 N–H and O–H groups in total. The van der Waals surface area contributed by atoms with E-state index in [-0.39, 0.29) is 11.3 Å². The van der Waals surface area contributed by atoms with Gasteiger partial charge in [0, 0.05) is 11.1 Å². The number of thiazole rings is 1. The van der Waals surface area contributed by atoms with Crippen LogP contribution in [0.15, 0.2) is 24.4 Å². The molecule has 0 atom stereocenters. The maximum Gasteiger partial charge on any atom is 0.337 e. The number of aromatic nitrogens is 1. The van der Waals surface area contributed by atoms with Crippen LogP contribution in [-0.2, 0) is 6.54 Å². The molecule has 21 heavy (non-hydrogen) atoms. The van der Waals surface area contributed by atoms with Crippen LogP contribution in [0.5, 0.6) is 0 Å². The Balaban J connectivity index is 2.01. The average molecular weight is 305 g/mol. The van der Waals surface area contributed by atoms with Gasteiger partial charge in [0.1, 0.15) is 5.01 Å². The van der Waals surface area contributed by atoms with Gasteiger partial charge in [0.2, 0.25) is 0 Å². The third-order valence-corrected chi connectivity index (χ3v) is 3.64. The molecule has 2 rings (SSSR count). The lowest BCUT2D eigenvalue weighted by atomic mass is 10.1. The first-order valence-electron chi connectivity index (χ1n) is 6.26. The Bertz CT molecular complexity index is 682. The zero-order valence-electron chi connectivity index (χ0n) is 11.6. The number of hydrogen-bond acceptors (Lipinski definition) is 4. The summed E-state index contributed by atoms with van der Waals surface area (Å²) in [4.78, 5) is 28.2. The smallest absolute Gasteiger partial charge is 0.337 e. The molecular weight excluding hydrogens is 290 g/mol. The minimum Gasteiger partial charge on any atom is -0.478 e. The SMILES string of the molecule is Cc1ccc(NC(=O)NCc2ncc(C)s2)c(C(=O)O)c1. The number of rotatable bonds is 4. The lowest BCUT2D eigenvalue weighted by Gasteiger charge is -2.10. The number of carbonyl (C=O) groups excluding carboxylic acids is 1. The topological polar surface area (TPSA) is 91.3 Å². The molecule has 6 nitrogen and oxygen atoms in total. The predicted octanol–water partition coefficient (Wildman–Crippen LogP) is 2.78. The summed E-state index contributed by atoms with van der Waals surface area (Å²) in [5.74, 6) is -1.08. The molecule has 0 radical (unpaired) electrons. The van der Waals surface area contributed by atoms with Crippen LogP contribution in [0.2, 0.25) is 0 Å². The predicted molar refractivity (Wildman–Crippen MR) is 80.8 cm³/mol. The van der Waals surface area contributed by atoms with Crippen LogP contribution in [0.1, 0.15) is 25.8 Å². The van der Waals surface area contributed by atoms with Crippen LogP contribution in [0.25, 0.3) is 0 Å². The Morgan fingerprint density at radius 1 is 1.33 bits per heavy atom. The normalized spacial score (nSPS) is 10.2. The maximum absolute atomic E-state index is 11.8. The van der Waals surface area contributed by atoms with Crippen molar-refractivity contribution in [3.8, 4) is 0 Å². The monoisotopic (exact) mass is 305 g/mol. The summed E-state index contributed by atoms with van der Waals surface area (Å²) < 4.78 is 0. The third-order valence-electron chi connectivity index (χ3n) is 2.72. The van der Waals surface area contributed by atoms with Gasteiger partial charge < -0.3 is 15.7 Å². The fourth-order valence-corrected chi connectivity index (χ4v) is 2.48. The number of aryl methyl sites for hydroxylation is 2. The highest BCUT2D eigenvalue weighted by atomic mass is 32.1. The van der Waals surface area contributed by atoms with Crippen molar-refractivity contribution in [1.82, 2.24) is 10.3 Å². The molecular formula is C14H15N3O3S. The second-order valence-corrected chi connectivity index (χ2v) is 5.85. The van der Waals surface area contributed by atoms with E-state index in [0.717, 1.165) is 15.4 Å². The van der Waals surface area contributed by atoms with Gasteiger partial charge in [-0.2, -0.15) is 0 Å². The van der Waals surface area contributed by atoms with E-state index >= 15 is 0 Å². The molecule has 0 aliphatic rings. The lowest BCUT2D eigenvalue weighted by molar-refractivity contribution is 0.0698. The zero-order chi connectivity index (χ0) is 15.4. The molecule has 1 heterocycles. The number of hydrogen-bond donors (Lipinski definition) is 3. The molecule has 0 unspecified atom stereocenters. The van der Waals surface area contributed by atoms with Crippen molar-refractivity contribution < 1.29 is 14.7 Å². The lowest BCUT2D eigenvalue weighted by Crippen LogP contribution is -2.28. The van der Waals surface area contributed by atoms with Gasteiger partial charge in [-0.3, -0.25) is 0 Å². The maximum atomic E-state index is 11.8. The summed E-state index contributed by atoms with van der Waals surface area (Å²) in [6.45, 7) is 4.03. The molecule has 1 aromatic carbocycles. The minimum absolute atomic E-state index is 0.0650. The number of nitrogens with one attached hydrogen (secondary N) is 2. The van der Waals surface area contributed by atoms with Gasteiger partial charge in [-0.15, -0.1) is 11.3 Å². The molecule has 110 valence electrons. The van der Waals surface area contributed by atoms with Crippen molar-refractivity contribution in [1.29, 1.82) is 0 Å². The van der Waals surface area contributed by atoms with E-state index in [0.29, 0.717) is 6.54 Å². The third kappa shape index (κ3) is 4.03. The molecule has 2 amide bonds. The summed E-state index contributed by atoms with van der Waals surface area (Å²) in [5, 5.41) is 15.1. The van der Waals surface area contributed by atoms with Crippen LogP contribution in [0.3, 0.4) is 0 Å². The molecule has 0 saturated heterocycles. The Hall–Kier alpha value is -2.41. The average Bonchev–Trinajstić information content (AvgIpc) is 2.84. The summed E-state index contributed by atoms with van der Waals surface area (Å²) in [7, 11) is 0. The summed E-state index contributed by atoms with van der Waals surface area (Å²) in [5.41, 5.74) is 1.15. The summed E-state index contributed by atoms with van der Waals surface area (Å²) >= 11 is 1.50. The summed E-state index contributed by atoms with van der Waals surface area (Å²) in [6.07, 6.45) is 1.74. The van der Waals surface area contributed by atoms with Gasteiger partial charge in [0.15, 0.2) is 0 Å². The van der Waals surface area contributed by atoms with E-state index in [1.165, 1.54) is 17.4 Å². The van der Waals surface area contributed by atoms with Crippen LogP contribution in [-0.4, -0.2) is 22.1 Å². The van der Waals surface area contributed by atoms with Gasteiger partial charge in [-0.1, -0.05) is 11.6 Å². The van der Waals surface area contributed by atoms with Crippen molar-refractivity contribution in [2.45, 2.75) is 20.4 Å². The molecule has 2 aromatic rings. The second-order valence-electron chi connectivity index (χ2n) is 4.53. The van der Waals surface area contributed by atoms with Crippen molar-refractivity contribution in [3.63, 3.8) is 0 Å². The van der Waals surface area contributed by atoms with E-state index in [2.05, 4.69) is 15.6 Å². The highest BCUT2D eigenvalue weighted by Gasteiger charge is 2.12. The first-order valence-corrected chi connectivity index (χ1v) is 7.07. The Kier molecular flexibility index (Phi) is 4.54. The number of carboxylic acid groups (broad SMARTS) is 1. The number of benzene rings is 1. The van der Waals surface area contributed by atoms with Gasteiger partial charge >= 0.3 is 12.0 Å². The van der Waals surface area contributed by atoms with E-state index in [9.17, 15) is 9.59 Å². The Labute approximate surface area is 125 Å². The molecule has 7 heteroatoms. The van der Waals surface area contributed by atoms with Gasteiger partial charge in [0.25, 0.3) is 0 Å². The molecule has 0 fully saturated rings. The molecule has 0 bridgehead atoms. The number of urea groups is 1. The van der Waals surface area contributed by atoms with Crippen LogP contribution >= 0.6 is 11.3 Å². The van der Waals surface area contributed by atoms with Gasteiger partial charge in [-0.05, 0) is 26.0 Å². The number of carboxylic acids is 1. The number of carbonyl (C=O) groups is 2. The van der Waals surface area contributed by atoms with Crippen molar-refractivity contribution in [2.24, 2.45) is 0 Å². The highest BCUT2D eigenvalue weighted by Crippen LogP contribution is 2.17. The molecule has 1 aromatic heterocycles. The quantitative estimate of drug-likeness (QED) is 0.810. The molecule has 0 saturated carbocycles. The second kappa shape index (κ2) is 6.36. The number of amides is 2. The molecule has 0 aliphatic heterocycles. The molecule has 0 spiro atoms. The van der Waals surface area contributed by atoms with Gasteiger partial charge in [0.05, 0.1) is 17.8 Å². The van der Waals surface area contributed by atoms with E-state index in [1.807, 2.05) is 6.92 Å². The van der Waals surface area contributed by atoms with Crippen molar-refractivity contribution in [3.05, 3.63) is 45.4 Å².